The summed E-state index contributed by atoms with van der Waals surface area (Å²) in [4.78, 5) is 4.27. The average Bonchev–Trinajstić information content (AvgIpc) is 3.04. The maximum Gasteiger partial charge on any atom is 0.258 e. The van der Waals surface area contributed by atoms with E-state index >= 15 is 0 Å². The van der Waals surface area contributed by atoms with E-state index in [1.54, 1.807) is 36.4 Å². The highest BCUT2D eigenvalue weighted by Gasteiger charge is 2.09. The molecule has 23 heavy (non-hydrogen) atoms. The smallest absolute Gasteiger partial charge is 0.258 e. The molecule has 0 radical (unpaired) electrons. The second-order valence-corrected chi connectivity index (χ2v) is 5.06. The molecule has 7 heteroatoms. The third kappa shape index (κ3) is 3.87. The molecule has 0 bridgehead atoms. The highest BCUT2D eigenvalue weighted by atomic mass is 35.5. The lowest BCUT2D eigenvalue weighted by Gasteiger charge is -2.02. The second kappa shape index (κ2) is 6.93. The topological polar surface area (TPSA) is 80.7 Å². The lowest BCUT2D eigenvalue weighted by molar-refractivity contribution is 0.287. The molecule has 0 fully saturated rings. The first-order valence-electron chi connectivity index (χ1n) is 6.73. The van der Waals surface area contributed by atoms with E-state index in [-0.39, 0.29) is 6.61 Å². The fraction of sp³-hybridized carbons (Fsp3) is 0.0625. The van der Waals surface area contributed by atoms with Crippen LogP contribution < -0.4 is 4.74 Å². The monoisotopic (exact) mass is 329 g/mol. The standard InChI is InChI=1S/C16H12ClN3O3/c17-13-5-3-12(4-6-13)16-19-15(20-23-16)10-22-14-7-1-11(2-8-14)9-18-21/h1-9,21H,10H2/b18-9+. The summed E-state index contributed by atoms with van der Waals surface area (Å²) >= 11 is 5.84. The van der Waals surface area contributed by atoms with Crippen LogP contribution in [0.1, 0.15) is 11.4 Å². The maximum atomic E-state index is 8.46. The minimum Gasteiger partial charge on any atom is -0.485 e. The molecule has 3 aromatic rings. The Morgan fingerprint density at radius 3 is 2.57 bits per heavy atom. The molecule has 1 N–H and O–H groups in total. The zero-order valence-electron chi connectivity index (χ0n) is 11.9. The Bertz CT molecular complexity index is 798. The zero-order chi connectivity index (χ0) is 16.1. The summed E-state index contributed by atoms with van der Waals surface area (Å²) in [5, 5.41) is 15.9. The van der Waals surface area contributed by atoms with Gasteiger partial charge < -0.3 is 14.5 Å². The molecule has 0 unspecified atom stereocenters. The predicted molar refractivity (Wildman–Crippen MR) is 84.9 cm³/mol. The number of hydrogen-bond donors (Lipinski definition) is 1. The van der Waals surface area contributed by atoms with Gasteiger partial charge in [-0.1, -0.05) is 21.9 Å². The van der Waals surface area contributed by atoms with Crippen molar-refractivity contribution in [3.05, 3.63) is 64.9 Å². The molecular formula is C16H12ClN3O3. The molecule has 116 valence electrons. The van der Waals surface area contributed by atoms with Gasteiger partial charge in [-0.05, 0) is 54.1 Å². The van der Waals surface area contributed by atoms with E-state index in [2.05, 4.69) is 15.3 Å². The number of nitrogens with zero attached hydrogens (tertiary/aromatic N) is 3. The fourth-order valence-corrected chi connectivity index (χ4v) is 2.01. The van der Waals surface area contributed by atoms with Gasteiger partial charge in [0.2, 0.25) is 5.82 Å². The van der Waals surface area contributed by atoms with E-state index < -0.39 is 0 Å². The number of oxime groups is 1. The number of benzene rings is 2. The molecule has 0 aliphatic rings. The van der Waals surface area contributed by atoms with Crippen LogP contribution >= 0.6 is 11.6 Å². The van der Waals surface area contributed by atoms with Crippen LogP contribution in [0.2, 0.25) is 5.02 Å². The number of ether oxygens (including phenoxy) is 1. The first-order chi connectivity index (χ1) is 11.2. The number of hydrogen-bond acceptors (Lipinski definition) is 6. The van der Waals surface area contributed by atoms with Crippen molar-refractivity contribution in [2.75, 3.05) is 0 Å². The van der Waals surface area contributed by atoms with E-state index in [4.69, 9.17) is 26.1 Å². The molecule has 0 aliphatic carbocycles. The molecule has 3 rings (SSSR count). The summed E-state index contributed by atoms with van der Waals surface area (Å²) in [6.07, 6.45) is 1.33. The van der Waals surface area contributed by atoms with E-state index in [0.29, 0.717) is 22.5 Å². The summed E-state index contributed by atoms with van der Waals surface area (Å²) in [5.74, 6) is 1.50. The van der Waals surface area contributed by atoms with Crippen LogP contribution in [0.25, 0.3) is 11.5 Å². The largest absolute Gasteiger partial charge is 0.485 e. The molecular weight excluding hydrogens is 318 g/mol. The van der Waals surface area contributed by atoms with Crippen LogP contribution in [0.3, 0.4) is 0 Å². The minimum atomic E-state index is 0.185. The van der Waals surface area contributed by atoms with Crippen molar-refractivity contribution in [1.82, 2.24) is 10.1 Å². The zero-order valence-corrected chi connectivity index (χ0v) is 12.6. The van der Waals surface area contributed by atoms with Crippen molar-refractivity contribution in [2.24, 2.45) is 5.16 Å². The van der Waals surface area contributed by atoms with Crippen LogP contribution in [-0.4, -0.2) is 21.6 Å². The highest BCUT2D eigenvalue weighted by molar-refractivity contribution is 6.30. The molecule has 0 atom stereocenters. The van der Waals surface area contributed by atoms with Gasteiger partial charge in [-0.3, -0.25) is 0 Å². The molecule has 0 saturated carbocycles. The molecule has 0 amide bonds. The third-order valence-corrected chi connectivity index (χ3v) is 3.27. The number of aromatic nitrogens is 2. The molecule has 0 spiro atoms. The van der Waals surface area contributed by atoms with Gasteiger partial charge in [-0.2, -0.15) is 4.98 Å². The Hall–Kier alpha value is -2.86. The average molecular weight is 330 g/mol. The van der Waals surface area contributed by atoms with Crippen molar-refractivity contribution in [1.29, 1.82) is 0 Å². The van der Waals surface area contributed by atoms with Crippen LogP contribution in [0.5, 0.6) is 5.75 Å². The van der Waals surface area contributed by atoms with E-state index in [9.17, 15) is 0 Å². The van der Waals surface area contributed by atoms with Crippen molar-refractivity contribution in [2.45, 2.75) is 6.61 Å². The Kier molecular flexibility index (Phi) is 4.54. The van der Waals surface area contributed by atoms with Gasteiger partial charge in [-0.15, -0.1) is 0 Å². The van der Waals surface area contributed by atoms with Crippen LogP contribution in [0, 0.1) is 0 Å². The first-order valence-corrected chi connectivity index (χ1v) is 7.11. The molecule has 0 saturated heterocycles. The van der Waals surface area contributed by atoms with Crippen LogP contribution in [0.15, 0.2) is 58.2 Å². The normalized spacial score (nSPS) is 11.0. The summed E-state index contributed by atoms with van der Waals surface area (Å²) < 4.78 is 10.8. The Labute approximate surface area is 137 Å². The second-order valence-electron chi connectivity index (χ2n) is 4.62. The van der Waals surface area contributed by atoms with Gasteiger partial charge in [0.25, 0.3) is 5.89 Å². The van der Waals surface area contributed by atoms with Crippen molar-refractivity contribution < 1.29 is 14.5 Å². The summed E-state index contributed by atoms with van der Waals surface area (Å²) in [6.45, 7) is 0.185. The van der Waals surface area contributed by atoms with Crippen LogP contribution in [0.4, 0.5) is 0 Å². The van der Waals surface area contributed by atoms with Crippen molar-refractivity contribution in [3.63, 3.8) is 0 Å². The minimum absolute atomic E-state index is 0.185. The van der Waals surface area contributed by atoms with Crippen molar-refractivity contribution in [3.8, 4) is 17.2 Å². The quantitative estimate of drug-likeness (QED) is 0.437. The summed E-state index contributed by atoms with van der Waals surface area (Å²) in [5.41, 5.74) is 1.56. The van der Waals surface area contributed by atoms with Gasteiger partial charge in [0, 0.05) is 10.6 Å². The maximum absolute atomic E-state index is 8.46. The van der Waals surface area contributed by atoms with E-state index in [1.807, 2.05) is 12.1 Å². The summed E-state index contributed by atoms with van der Waals surface area (Å²) in [6, 6.07) is 14.2. The van der Waals surface area contributed by atoms with Gasteiger partial charge in [0.1, 0.15) is 5.75 Å². The Morgan fingerprint density at radius 1 is 1.13 bits per heavy atom. The third-order valence-electron chi connectivity index (χ3n) is 3.01. The van der Waals surface area contributed by atoms with Gasteiger partial charge in [-0.25, -0.2) is 0 Å². The van der Waals surface area contributed by atoms with E-state index in [1.165, 1.54) is 6.21 Å². The van der Waals surface area contributed by atoms with Gasteiger partial charge in [0.15, 0.2) is 6.61 Å². The molecule has 1 aromatic heterocycles. The van der Waals surface area contributed by atoms with E-state index in [0.717, 1.165) is 11.1 Å². The Balaban J connectivity index is 1.64. The number of rotatable bonds is 5. The first kappa shape index (κ1) is 15.1. The van der Waals surface area contributed by atoms with Gasteiger partial charge >= 0.3 is 0 Å². The van der Waals surface area contributed by atoms with Crippen LogP contribution in [-0.2, 0) is 6.61 Å². The number of halogens is 1. The Morgan fingerprint density at radius 2 is 1.87 bits per heavy atom. The SMILES string of the molecule is O/N=C/c1ccc(OCc2noc(-c3ccc(Cl)cc3)n2)cc1. The predicted octanol–water partition coefficient (Wildman–Crippen LogP) is 3.78. The summed E-state index contributed by atoms with van der Waals surface area (Å²) in [7, 11) is 0. The lowest BCUT2D eigenvalue weighted by atomic mass is 10.2. The highest BCUT2D eigenvalue weighted by Crippen LogP contribution is 2.20. The van der Waals surface area contributed by atoms with Gasteiger partial charge in [0.05, 0.1) is 6.21 Å². The molecule has 2 aromatic carbocycles. The van der Waals surface area contributed by atoms with Crippen molar-refractivity contribution >= 4 is 17.8 Å². The fourth-order valence-electron chi connectivity index (χ4n) is 1.89. The molecule has 6 nitrogen and oxygen atoms in total. The lowest BCUT2D eigenvalue weighted by Crippen LogP contribution is -1.97. The molecule has 0 aliphatic heterocycles. The molecule has 1 heterocycles.